The summed E-state index contributed by atoms with van der Waals surface area (Å²) in [5.41, 5.74) is 10.3. The van der Waals surface area contributed by atoms with Crippen LogP contribution in [0.1, 0.15) is 20.8 Å². The number of nitrogens with two attached hydrogens (primary N) is 2. The number of hydrogen-bond acceptors (Lipinski definition) is 2. The van der Waals surface area contributed by atoms with Crippen LogP contribution in [-0.2, 0) is 4.79 Å². The molecule has 4 N–H and O–H groups in total. The highest BCUT2D eigenvalue weighted by Crippen LogP contribution is 2.19. The minimum absolute atomic E-state index is 0.181. The molecule has 0 radical (unpaired) electrons. The second-order valence-corrected chi connectivity index (χ2v) is 3.86. The molecular weight excluding hydrogens is 192 g/mol. The Labute approximate surface area is 89.8 Å². The molecule has 1 rings (SSSR count). The second-order valence-electron chi connectivity index (χ2n) is 3.86. The molecule has 0 aliphatic carbocycles. The van der Waals surface area contributed by atoms with Gasteiger partial charge in [-0.05, 0) is 20.8 Å². The summed E-state index contributed by atoms with van der Waals surface area (Å²) in [7, 11) is 0. The zero-order valence-electron chi connectivity index (χ0n) is 9.34. The van der Waals surface area contributed by atoms with Gasteiger partial charge in [-0.15, -0.1) is 0 Å². The molecule has 15 heavy (non-hydrogen) atoms. The third-order valence-corrected chi connectivity index (χ3v) is 2.65. The van der Waals surface area contributed by atoms with Gasteiger partial charge in [0.15, 0.2) is 5.96 Å². The van der Waals surface area contributed by atoms with E-state index in [9.17, 15) is 4.79 Å². The third-order valence-electron chi connectivity index (χ3n) is 2.65. The van der Waals surface area contributed by atoms with E-state index in [1.54, 1.807) is 0 Å². The van der Waals surface area contributed by atoms with E-state index in [1.807, 2.05) is 20.8 Å². The Hall–Kier alpha value is -1.36. The summed E-state index contributed by atoms with van der Waals surface area (Å²) in [6.07, 6.45) is 4.15. The predicted octanol–water partition coefficient (Wildman–Crippen LogP) is -0.176. The highest BCUT2D eigenvalue weighted by Gasteiger charge is 2.30. The maximum absolute atomic E-state index is 11.6. The van der Waals surface area contributed by atoms with E-state index in [0.717, 1.165) is 0 Å². The number of nitrogens with zero attached hydrogens (tertiary/aromatic N) is 2. The fourth-order valence-electron chi connectivity index (χ4n) is 1.94. The van der Waals surface area contributed by atoms with Crippen molar-refractivity contribution in [2.45, 2.75) is 38.9 Å². The van der Waals surface area contributed by atoms with Gasteiger partial charge >= 0.3 is 0 Å². The van der Waals surface area contributed by atoms with E-state index < -0.39 is 0 Å². The number of amides is 1. The van der Waals surface area contributed by atoms with Crippen molar-refractivity contribution < 1.29 is 4.79 Å². The molecule has 0 spiro atoms. The van der Waals surface area contributed by atoms with Crippen LogP contribution in [0.5, 0.6) is 0 Å². The molecule has 1 amide bonds. The first-order chi connectivity index (χ1) is 6.93. The van der Waals surface area contributed by atoms with Gasteiger partial charge in [0.25, 0.3) is 5.91 Å². The summed E-state index contributed by atoms with van der Waals surface area (Å²) in [4.78, 5) is 17.2. The number of hydrogen-bond donors (Lipinski definition) is 2. The molecule has 0 fully saturated rings. The highest BCUT2D eigenvalue weighted by atomic mass is 16.1. The number of guanidine groups is 1. The molecule has 5 heteroatoms. The number of aliphatic imine (C=N–C) groups is 1. The van der Waals surface area contributed by atoms with Crippen molar-refractivity contribution >= 4 is 11.9 Å². The van der Waals surface area contributed by atoms with Crippen molar-refractivity contribution in [3.8, 4) is 0 Å². The fourth-order valence-corrected chi connectivity index (χ4v) is 1.94. The van der Waals surface area contributed by atoms with Crippen molar-refractivity contribution in [1.82, 2.24) is 4.90 Å². The smallest absolute Gasteiger partial charge is 0.265 e. The van der Waals surface area contributed by atoms with Gasteiger partial charge in [0.1, 0.15) is 0 Å². The Morgan fingerprint density at radius 2 is 1.80 bits per heavy atom. The average Bonchev–Trinajstić information content (AvgIpc) is 2.44. The molecule has 0 aromatic heterocycles. The summed E-state index contributed by atoms with van der Waals surface area (Å²) >= 11 is 0. The Kier molecular flexibility index (Phi) is 3.47. The first-order valence-corrected chi connectivity index (χ1v) is 5.02. The molecule has 3 atom stereocenters. The van der Waals surface area contributed by atoms with Gasteiger partial charge in [-0.1, -0.05) is 12.2 Å². The average molecular weight is 210 g/mol. The lowest BCUT2D eigenvalue weighted by atomic mass is 10.2. The molecule has 1 heterocycles. The standard InChI is InChI=1S/C10H18N4O/c1-6-4-5-7(2)14(6)8(3)9(15)13-10(11)12/h4-8H,1-3H3,(H4,11,12,13,15)/t6-,7?,8?/m1/s1. The summed E-state index contributed by atoms with van der Waals surface area (Å²) < 4.78 is 0. The van der Waals surface area contributed by atoms with Gasteiger partial charge in [0.2, 0.25) is 0 Å². The minimum Gasteiger partial charge on any atom is -0.370 e. The molecule has 84 valence electrons. The SMILES string of the molecule is CC1C=C[C@@H](C)N1C(C)C(=O)N=C(N)N. The molecule has 0 aromatic rings. The van der Waals surface area contributed by atoms with Crippen LogP contribution in [0, 0.1) is 0 Å². The molecule has 1 aliphatic rings. The molecule has 0 aromatic carbocycles. The number of carbonyl (C=O) groups is 1. The van der Waals surface area contributed by atoms with Crippen LogP contribution in [0.4, 0.5) is 0 Å². The van der Waals surface area contributed by atoms with Crippen LogP contribution in [0.15, 0.2) is 17.1 Å². The number of carbonyl (C=O) groups excluding carboxylic acids is 1. The van der Waals surface area contributed by atoms with Gasteiger partial charge in [-0.25, -0.2) is 0 Å². The van der Waals surface area contributed by atoms with E-state index in [2.05, 4.69) is 22.0 Å². The minimum atomic E-state index is -0.299. The lowest BCUT2D eigenvalue weighted by molar-refractivity contribution is -0.123. The largest absolute Gasteiger partial charge is 0.370 e. The molecule has 2 unspecified atom stereocenters. The van der Waals surface area contributed by atoms with Crippen LogP contribution in [-0.4, -0.2) is 34.9 Å². The predicted molar refractivity (Wildman–Crippen MR) is 60.2 cm³/mol. The van der Waals surface area contributed by atoms with E-state index in [0.29, 0.717) is 0 Å². The summed E-state index contributed by atoms with van der Waals surface area (Å²) in [5, 5.41) is 0. The summed E-state index contributed by atoms with van der Waals surface area (Å²) in [6.45, 7) is 5.90. The lowest BCUT2D eigenvalue weighted by Gasteiger charge is -2.30. The maximum Gasteiger partial charge on any atom is 0.265 e. The van der Waals surface area contributed by atoms with Crippen molar-refractivity contribution in [3.05, 3.63) is 12.2 Å². The Morgan fingerprint density at radius 1 is 1.33 bits per heavy atom. The van der Waals surface area contributed by atoms with E-state index in [1.165, 1.54) is 0 Å². The third kappa shape index (κ3) is 2.56. The Morgan fingerprint density at radius 3 is 2.20 bits per heavy atom. The normalized spacial score (nSPS) is 27.7. The Balaban J connectivity index is 2.73. The van der Waals surface area contributed by atoms with Crippen LogP contribution in [0.3, 0.4) is 0 Å². The monoisotopic (exact) mass is 210 g/mol. The molecule has 0 saturated heterocycles. The molecular formula is C10H18N4O. The molecule has 5 nitrogen and oxygen atoms in total. The van der Waals surface area contributed by atoms with Crippen LogP contribution >= 0.6 is 0 Å². The first-order valence-electron chi connectivity index (χ1n) is 5.02. The van der Waals surface area contributed by atoms with Crippen molar-refractivity contribution in [2.75, 3.05) is 0 Å². The van der Waals surface area contributed by atoms with Crippen LogP contribution < -0.4 is 11.5 Å². The van der Waals surface area contributed by atoms with Gasteiger partial charge in [0.05, 0.1) is 6.04 Å². The zero-order valence-corrected chi connectivity index (χ0v) is 9.34. The maximum atomic E-state index is 11.6. The van der Waals surface area contributed by atoms with Crippen molar-refractivity contribution in [1.29, 1.82) is 0 Å². The molecule has 0 saturated carbocycles. The van der Waals surface area contributed by atoms with E-state index >= 15 is 0 Å². The lowest BCUT2D eigenvalue weighted by Crippen LogP contribution is -2.45. The highest BCUT2D eigenvalue weighted by molar-refractivity contribution is 5.94. The van der Waals surface area contributed by atoms with Gasteiger partial charge in [-0.3, -0.25) is 9.69 Å². The van der Waals surface area contributed by atoms with Crippen LogP contribution in [0.25, 0.3) is 0 Å². The molecule has 0 bridgehead atoms. The topological polar surface area (TPSA) is 84.7 Å². The van der Waals surface area contributed by atoms with Crippen LogP contribution in [0.2, 0.25) is 0 Å². The quantitative estimate of drug-likeness (QED) is 0.376. The summed E-state index contributed by atoms with van der Waals surface area (Å²) in [6, 6.07) is 0.188. The fraction of sp³-hybridized carbons (Fsp3) is 0.600. The number of rotatable bonds is 2. The van der Waals surface area contributed by atoms with E-state index in [4.69, 9.17) is 11.5 Å². The Bertz CT molecular complexity index is 295. The van der Waals surface area contributed by atoms with Gasteiger partial charge in [-0.2, -0.15) is 4.99 Å². The van der Waals surface area contributed by atoms with Crippen molar-refractivity contribution in [3.63, 3.8) is 0 Å². The van der Waals surface area contributed by atoms with Gasteiger partial charge < -0.3 is 11.5 Å². The first kappa shape index (κ1) is 11.7. The molecule has 1 aliphatic heterocycles. The van der Waals surface area contributed by atoms with Crippen molar-refractivity contribution in [2.24, 2.45) is 16.5 Å². The summed E-state index contributed by atoms with van der Waals surface area (Å²) in [5.74, 6) is -0.475. The second kappa shape index (κ2) is 4.44. The van der Waals surface area contributed by atoms with Gasteiger partial charge in [0, 0.05) is 12.1 Å². The zero-order chi connectivity index (χ0) is 11.6. The van der Waals surface area contributed by atoms with E-state index in [-0.39, 0.29) is 30.0 Å².